The molecule has 0 saturated heterocycles. The van der Waals surface area contributed by atoms with Crippen LogP contribution < -0.4 is 5.32 Å². The number of aromatic nitrogens is 2. The predicted octanol–water partition coefficient (Wildman–Crippen LogP) is 2.45. The number of esters is 2. The van der Waals surface area contributed by atoms with Gasteiger partial charge in [0.2, 0.25) is 5.91 Å². The summed E-state index contributed by atoms with van der Waals surface area (Å²) in [6.07, 6.45) is 1.64. The zero-order valence-corrected chi connectivity index (χ0v) is 15.3. The van der Waals surface area contributed by atoms with Crippen molar-refractivity contribution in [1.82, 2.24) is 9.78 Å². The highest BCUT2D eigenvalue weighted by molar-refractivity contribution is 6.31. The second-order valence-corrected chi connectivity index (χ2v) is 5.79. The third kappa shape index (κ3) is 4.60. The van der Waals surface area contributed by atoms with Crippen molar-refractivity contribution in [2.75, 3.05) is 19.5 Å². The topological polar surface area (TPSA) is 99.5 Å². The van der Waals surface area contributed by atoms with Crippen LogP contribution in [0.2, 0.25) is 5.02 Å². The minimum Gasteiger partial charge on any atom is -0.465 e. The summed E-state index contributed by atoms with van der Waals surface area (Å²) in [6.45, 7) is 2.14. The van der Waals surface area contributed by atoms with Crippen LogP contribution in [-0.2, 0) is 20.8 Å². The molecule has 0 fully saturated rings. The first-order valence-electron chi connectivity index (χ1n) is 7.65. The van der Waals surface area contributed by atoms with Gasteiger partial charge in [0, 0.05) is 12.1 Å². The predicted molar refractivity (Wildman–Crippen MR) is 94.3 cm³/mol. The molecule has 0 bridgehead atoms. The molecule has 26 heavy (non-hydrogen) atoms. The molecular weight excluding hydrogens is 362 g/mol. The highest BCUT2D eigenvalue weighted by Crippen LogP contribution is 2.18. The molecule has 1 heterocycles. The fraction of sp³-hybridized carbons (Fsp3) is 0.294. The number of hydrogen-bond acceptors (Lipinski definition) is 6. The second-order valence-electron chi connectivity index (χ2n) is 5.38. The lowest BCUT2D eigenvalue weighted by Crippen LogP contribution is -2.16. The maximum atomic E-state index is 12.2. The van der Waals surface area contributed by atoms with Gasteiger partial charge in [0.1, 0.15) is 0 Å². The number of anilines is 1. The van der Waals surface area contributed by atoms with Gasteiger partial charge in [-0.15, -0.1) is 0 Å². The van der Waals surface area contributed by atoms with Crippen LogP contribution in [-0.4, -0.2) is 41.8 Å². The molecular formula is C17H18ClN3O5. The molecule has 0 radical (unpaired) electrons. The standard InChI is InChI=1S/C17H18ClN3O5/c1-10-14(18)9-19-21(10)5-4-15(22)20-13-7-11(16(23)25-2)6-12(8-13)17(24)26-3/h6-9H,4-5H2,1-3H3,(H,20,22). The molecule has 9 heteroatoms. The lowest BCUT2D eigenvalue weighted by molar-refractivity contribution is -0.116. The highest BCUT2D eigenvalue weighted by Gasteiger charge is 2.15. The number of nitrogens with one attached hydrogen (secondary N) is 1. The molecule has 1 aromatic heterocycles. The molecule has 138 valence electrons. The van der Waals surface area contributed by atoms with Crippen molar-refractivity contribution in [3.8, 4) is 0 Å². The average Bonchev–Trinajstić information content (AvgIpc) is 2.96. The Morgan fingerprint density at radius 1 is 1.12 bits per heavy atom. The van der Waals surface area contributed by atoms with Crippen LogP contribution in [0, 0.1) is 6.92 Å². The Labute approximate surface area is 155 Å². The van der Waals surface area contributed by atoms with Crippen LogP contribution in [0.5, 0.6) is 0 Å². The average molecular weight is 380 g/mol. The van der Waals surface area contributed by atoms with Crippen LogP contribution in [0.25, 0.3) is 0 Å². The van der Waals surface area contributed by atoms with Crippen molar-refractivity contribution >= 4 is 35.1 Å². The zero-order valence-electron chi connectivity index (χ0n) is 14.5. The van der Waals surface area contributed by atoms with Crippen molar-refractivity contribution in [3.05, 3.63) is 46.2 Å². The second kappa shape index (κ2) is 8.48. The minimum atomic E-state index is -0.631. The van der Waals surface area contributed by atoms with Gasteiger partial charge in [0.25, 0.3) is 0 Å². The van der Waals surface area contributed by atoms with Gasteiger partial charge >= 0.3 is 11.9 Å². The molecule has 2 rings (SSSR count). The molecule has 0 aliphatic heterocycles. The van der Waals surface area contributed by atoms with Gasteiger partial charge in [-0.2, -0.15) is 5.10 Å². The number of aryl methyl sites for hydroxylation is 1. The van der Waals surface area contributed by atoms with Crippen molar-refractivity contribution in [1.29, 1.82) is 0 Å². The molecule has 0 spiro atoms. The number of carbonyl (C=O) groups is 3. The van der Waals surface area contributed by atoms with Crippen LogP contribution in [0.4, 0.5) is 5.69 Å². The van der Waals surface area contributed by atoms with Gasteiger partial charge in [-0.25, -0.2) is 9.59 Å². The molecule has 0 saturated carbocycles. The summed E-state index contributed by atoms with van der Waals surface area (Å²) in [5, 5.41) is 7.25. The Morgan fingerprint density at radius 3 is 2.15 bits per heavy atom. The van der Waals surface area contributed by atoms with Crippen LogP contribution >= 0.6 is 11.6 Å². The number of halogens is 1. The Kier molecular flexibility index (Phi) is 6.35. The van der Waals surface area contributed by atoms with Crippen LogP contribution in [0.3, 0.4) is 0 Å². The van der Waals surface area contributed by atoms with Gasteiger partial charge in [-0.05, 0) is 25.1 Å². The number of hydrogen-bond donors (Lipinski definition) is 1. The summed E-state index contributed by atoms with van der Waals surface area (Å²) in [7, 11) is 2.45. The van der Waals surface area contributed by atoms with Gasteiger partial charge in [-0.3, -0.25) is 9.48 Å². The van der Waals surface area contributed by atoms with Crippen LogP contribution in [0.15, 0.2) is 24.4 Å². The van der Waals surface area contributed by atoms with Crippen molar-refractivity contribution in [2.45, 2.75) is 19.9 Å². The molecule has 8 nitrogen and oxygen atoms in total. The van der Waals surface area contributed by atoms with Crippen molar-refractivity contribution in [2.24, 2.45) is 0 Å². The first kappa shape index (κ1) is 19.5. The van der Waals surface area contributed by atoms with E-state index in [1.165, 1.54) is 38.6 Å². The van der Waals surface area contributed by atoms with E-state index in [4.69, 9.17) is 11.6 Å². The van der Waals surface area contributed by atoms with Crippen molar-refractivity contribution < 1.29 is 23.9 Å². The van der Waals surface area contributed by atoms with E-state index < -0.39 is 11.9 Å². The van der Waals surface area contributed by atoms with E-state index in [1.54, 1.807) is 11.6 Å². The van der Waals surface area contributed by atoms with E-state index in [2.05, 4.69) is 19.9 Å². The molecule has 0 aliphatic rings. The Hall–Kier alpha value is -2.87. The van der Waals surface area contributed by atoms with E-state index in [0.29, 0.717) is 11.6 Å². The molecule has 1 N–H and O–H groups in total. The maximum absolute atomic E-state index is 12.2. The smallest absolute Gasteiger partial charge is 0.337 e. The van der Waals surface area contributed by atoms with Gasteiger partial charge in [0.05, 0.1) is 48.8 Å². The summed E-state index contributed by atoms with van der Waals surface area (Å²) in [5.74, 6) is -1.57. The summed E-state index contributed by atoms with van der Waals surface area (Å²) < 4.78 is 10.9. The third-order valence-corrected chi connectivity index (χ3v) is 4.02. The summed E-state index contributed by atoms with van der Waals surface area (Å²) >= 11 is 5.92. The largest absolute Gasteiger partial charge is 0.465 e. The van der Waals surface area contributed by atoms with E-state index >= 15 is 0 Å². The molecule has 1 amide bonds. The minimum absolute atomic E-state index is 0.125. The first-order valence-corrected chi connectivity index (χ1v) is 8.03. The Balaban J connectivity index is 2.13. The molecule has 0 aliphatic carbocycles. The zero-order chi connectivity index (χ0) is 19.3. The lowest BCUT2D eigenvalue weighted by Gasteiger charge is -2.10. The number of rotatable bonds is 6. The number of methoxy groups -OCH3 is 2. The summed E-state index contributed by atoms with van der Waals surface area (Å²) in [4.78, 5) is 35.7. The fourth-order valence-corrected chi connectivity index (χ4v) is 2.39. The summed E-state index contributed by atoms with van der Waals surface area (Å²) in [6, 6.07) is 4.18. The Morgan fingerprint density at radius 2 is 1.69 bits per heavy atom. The quantitative estimate of drug-likeness (QED) is 0.774. The number of nitrogens with zero attached hydrogens (tertiary/aromatic N) is 2. The molecule has 0 unspecified atom stereocenters. The van der Waals surface area contributed by atoms with Gasteiger partial charge < -0.3 is 14.8 Å². The lowest BCUT2D eigenvalue weighted by atomic mass is 10.1. The Bertz CT molecular complexity index is 813. The van der Waals surface area contributed by atoms with E-state index in [-0.39, 0.29) is 29.1 Å². The van der Waals surface area contributed by atoms with E-state index in [9.17, 15) is 14.4 Å². The first-order chi connectivity index (χ1) is 12.3. The van der Waals surface area contributed by atoms with Gasteiger partial charge in [-0.1, -0.05) is 11.6 Å². The molecule has 1 aromatic carbocycles. The third-order valence-electron chi connectivity index (χ3n) is 3.65. The normalized spacial score (nSPS) is 10.3. The van der Waals surface area contributed by atoms with Gasteiger partial charge in [0.15, 0.2) is 0 Å². The van der Waals surface area contributed by atoms with Crippen molar-refractivity contribution in [3.63, 3.8) is 0 Å². The van der Waals surface area contributed by atoms with E-state index in [0.717, 1.165) is 5.69 Å². The number of carbonyl (C=O) groups excluding carboxylic acids is 3. The SMILES string of the molecule is COC(=O)c1cc(NC(=O)CCn2ncc(Cl)c2C)cc(C(=O)OC)c1. The number of ether oxygens (including phenoxy) is 2. The maximum Gasteiger partial charge on any atom is 0.337 e. The number of benzene rings is 1. The fourth-order valence-electron chi connectivity index (χ4n) is 2.25. The number of amides is 1. The van der Waals surface area contributed by atoms with Crippen LogP contribution in [0.1, 0.15) is 32.8 Å². The molecule has 0 atom stereocenters. The monoisotopic (exact) mass is 379 g/mol. The highest BCUT2D eigenvalue weighted by atomic mass is 35.5. The summed E-state index contributed by atoms with van der Waals surface area (Å²) in [5.41, 5.74) is 1.30. The molecule has 2 aromatic rings. The van der Waals surface area contributed by atoms with E-state index in [1.807, 2.05) is 0 Å².